The number of nitrogens with zero attached hydrogens (tertiary/aromatic N) is 2. The molecule has 0 saturated heterocycles. The largest absolute Gasteiger partial charge is 0.485 e. The van der Waals surface area contributed by atoms with Crippen LogP contribution in [0, 0.1) is 0 Å². The van der Waals surface area contributed by atoms with Gasteiger partial charge in [0, 0.05) is 5.56 Å². The van der Waals surface area contributed by atoms with Gasteiger partial charge in [-0.2, -0.15) is 4.98 Å². The predicted octanol–water partition coefficient (Wildman–Crippen LogP) is 2.19. The van der Waals surface area contributed by atoms with E-state index in [4.69, 9.17) is 14.0 Å². The first-order valence-corrected chi connectivity index (χ1v) is 7.84. The minimum Gasteiger partial charge on any atom is -0.485 e. The van der Waals surface area contributed by atoms with E-state index in [0.29, 0.717) is 23.2 Å². The Morgan fingerprint density at radius 2 is 1.84 bits per heavy atom. The van der Waals surface area contributed by atoms with E-state index in [1.54, 1.807) is 12.1 Å². The second-order valence-corrected chi connectivity index (χ2v) is 5.46. The molecule has 1 aromatic heterocycles. The molecule has 4 rings (SSSR count). The Morgan fingerprint density at radius 1 is 1.08 bits per heavy atom. The minimum absolute atomic E-state index is 0.125. The average Bonchev–Trinajstić information content (AvgIpc) is 3.15. The molecule has 0 unspecified atom stereocenters. The highest BCUT2D eigenvalue weighted by molar-refractivity contribution is 5.81. The molecule has 126 valence electrons. The van der Waals surface area contributed by atoms with Gasteiger partial charge in [0.1, 0.15) is 6.61 Å². The second kappa shape index (κ2) is 6.64. The van der Waals surface area contributed by atoms with E-state index >= 15 is 0 Å². The molecule has 0 fully saturated rings. The van der Waals surface area contributed by atoms with Gasteiger partial charge in [0.25, 0.3) is 5.91 Å². The zero-order valence-corrected chi connectivity index (χ0v) is 13.2. The lowest BCUT2D eigenvalue weighted by Gasteiger charge is -2.25. The second-order valence-electron chi connectivity index (χ2n) is 5.46. The van der Waals surface area contributed by atoms with Crippen molar-refractivity contribution in [1.82, 2.24) is 15.5 Å². The normalized spacial score (nSPS) is 15.6. The maximum atomic E-state index is 12.3. The number of benzene rings is 2. The van der Waals surface area contributed by atoms with Gasteiger partial charge in [-0.1, -0.05) is 47.6 Å². The summed E-state index contributed by atoms with van der Waals surface area (Å²) in [6.07, 6.45) is -0.716. The summed E-state index contributed by atoms with van der Waals surface area (Å²) in [6.45, 7) is 0.280. The Balaban J connectivity index is 1.36. The van der Waals surface area contributed by atoms with Gasteiger partial charge in [0.2, 0.25) is 17.8 Å². The molecule has 0 saturated carbocycles. The van der Waals surface area contributed by atoms with Crippen molar-refractivity contribution >= 4 is 5.91 Å². The number of rotatable bonds is 4. The Kier molecular flexibility index (Phi) is 4.04. The number of nitrogens with one attached hydrogen (secondary N) is 1. The first kappa shape index (κ1) is 15.2. The van der Waals surface area contributed by atoms with Crippen LogP contribution < -0.4 is 14.8 Å². The molecule has 0 spiro atoms. The van der Waals surface area contributed by atoms with E-state index in [1.165, 1.54) is 0 Å². The van der Waals surface area contributed by atoms with Gasteiger partial charge in [0.15, 0.2) is 11.5 Å². The number of hydrogen-bond donors (Lipinski definition) is 1. The number of amides is 1. The van der Waals surface area contributed by atoms with Crippen molar-refractivity contribution in [3.05, 3.63) is 60.5 Å². The van der Waals surface area contributed by atoms with E-state index < -0.39 is 6.10 Å². The number of aromatic nitrogens is 2. The van der Waals surface area contributed by atoms with Gasteiger partial charge in [-0.05, 0) is 12.1 Å². The summed E-state index contributed by atoms with van der Waals surface area (Å²) in [7, 11) is 0. The topological polar surface area (TPSA) is 86.5 Å². The average molecular weight is 337 g/mol. The molecule has 0 radical (unpaired) electrons. The van der Waals surface area contributed by atoms with Crippen LogP contribution in [0.1, 0.15) is 5.89 Å². The molecule has 1 amide bonds. The van der Waals surface area contributed by atoms with E-state index in [0.717, 1.165) is 5.56 Å². The van der Waals surface area contributed by atoms with Crippen LogP contribution in [-0.2, 0) is 11.3 Å². The Morgan fingerprint density at radius 3 is 2.68 bits per heavy atom. The Bertz CT molecular complexity index is 879. The highest BCUT2D eigenvalue weighted by Gasteiger charge is 2.27. The molecular formula is C18H15N3O4. The van der Waals surface area contributed by atoms with Gasteiger partial charge in [-0.3, -0.25) is 4.79 Å². The van der Waals surface area contributed by atoms with Gasteiger partial charge < -0.3 is 19.3 Å². The monoisotopic (exact) mass is 337 g/mol. The molecule has 1 aliphatic rings. The van der Waals surface area contributed by atoms with Crippen molar-refractivity contribution in [2.75, 3.05) is 6.61 Å². The van der Waals surface area contributed by atoms with Gasteiger partial charge in [0.05, 0.1) is 6.54 Å². The first-order chi connectivity index (χ1) is 12.3. The number of hydrogen-bond acceptors (Lipinski definition) is 6. The third kappa shape index (κ3) is 3.30. The van der Waals surface area contributed by atoms with Crippen LogP contribution in [0.5, 0.6) is 11.5 Å². The number of carbonyl (C=O) groups is 1. The fraction of sp³-hybridized carbons (Fsp3) is 0.167. The van der Waals surface area contributed by atoms with Crippen LogP contribution >= 0.6 is 0 Å². The third-order valence-corrected chi connectivity index (χ3v) is 3.71. The quantitative estimate of drug-likeness (QED) is 0.785. The van der Waals surface area contributed by atoms with Crippen molar-refractivity contribution < 1.29 is 18.8 Å². The van der Waals surface area contributed by atoms with Crippen molar-refractivity contribution in [3.8, 4) is 22.9 Å². The molecule has 0 aliphatic carbocycles. The first-order valence-electron chi connectivity index (χ1n) is 7.84. The SMILES string of the molecule is O=C(NCc1nc(-c2ccccc2)no1)[C@@H]1COc2ccccc2O1. The highest BCUT2D eigenvalue weighted by atomic mass is 16.6. The molecule has 1 N–H and O–H groups in total. The standard InChI is InChI=1S/C18H15N3O4/c22-18(15-11-23-13-8-4-5-9-14(13)24-15)19-10-16-20-17(21-25-16)12-6-2-1-3-7-12/h1-9,15H,10-11H2,(H,19,22)/t15-/m0/s1. The fourth-order valence-electron chi connectivity index (χ4n) is 2.46. The summed E-state index contributed by atoms with van der Waals surface area (Å²) >= 11 is 0. The predicted molar refractivity (Wildman–Crippen MR) is 87.9 cm³/mol. The lowest BCUT2D eigenvalue weighted by molar-refractivity contribution is -0.130. The summed E-state index contributed by atoms with van der Waals surface area (Å²) in [5.41, 5.74) is 0.851. The van der Waals surface area contributed by atoms with Crippen molar-refractivity contribution in [2.45, 2.75) is 12.6 Å². The van der Waals surface area contributed by atoms with Crippen LogP contribution in [0.15, 0.2) is 59.1 Å². The summed E-state index contributed by atoms with van der Waals surface area (Å²) in [5, 5.41) is 6.64. The maximum absolute atomic E-state index is 12.3. The van der Waals surface area contributed by atoms with Crippen LogP contribution in [0.3, 0.4) is 0 Å². The van der Waals surface area contributed by atoms with E-state index in [1.807, 2.05) is 42.5 Å². The minimum atomic E-state index is -0.716. The number of carbonyl (C=O) groups excluding carboxylic acids is 1. The molecular weight excluding hydrogens is 322 g/mol. The molecule has 2 heterocycles. The molecule has 2 aromatic carbocycles. The van der Waals surface area contributed by atoms with E-state index in [2.05, 4.69) is 15.5 Å². The lowest BCUT2D eigenvalue weighted by Crippen LogP contribution is -2.43. The number of fused-ring (bicyclic) bond motifs is 1. The Hall–Kier alpha value is -3.35. The van der Waals surface area contributed by atoms with Crippen molar-refractivity contribution in [2.24, 2.45) is 0 Å². The number of para-hydroxylation sites is 2. The van der Waals surface area contributed by atoms with Gasteiger partial charge in [-0.25, -0.2) is 0 Å². The van der Waals surface area contributed by atoms with Crippen molar-refractivity contribution in [1.29, 1.82) is 0 Å². The summed E-state index contributed by atoms with van der Waals surface area (Å²) in [5.74, 6) is 1.70. The molecule has 3 aromatic rings. The summed E-state index contributed by atoms with van der Waals surface area (Å²) < 4.78 is 16.4. The third-order valence-electron chi connectivity index (χ3n) is 3.71. The smallest absolute Gasteiger partial charge is 0.265 e. The Labute approximate surface area is 143 Å². The highest BCUT2D eigenvalue weighted by Crippen LogP contribution is 2.30. The summed E-state index contributed by atoms with van der Waals surface area (Å²) in [4.78, 5) is 16.5. The van der Waals surface area contributed by atoms with E-state index in [9.17, 15) is 4.79 Å². The zero-order valence-electron chi connectivity index (χ0n) is 13.2. The zero-order chi connectivity index (χ0) is 17.1. The van der Waals surface area contributed by atoms with Crippen LogP contribution in [0.4, 0.5) is 0 Å². The molecule has 0 bridgehead atoms. The van der Waals surface area contributed by atoms with Gasteiger partial charge >= 0.3 is 0 Å². The van der Waals surface area contributed by atoms with Crippen LogP contribution in [0.2, 0.25) is 0 Å². The molecule has 7 nitrogen and oxygen atoms in total. The van der Waals surface area contributed by atoms with Crippen LogP contribution in [-0.4, -0.2) is 28.8 Å². The number of ether oxygens (including phenoxy) is 2. The van der Waals surface area contributed by atoms with Gasteiger partial charge in [-0.15, -0.1) is 0 Å². The maximum Gasteiger partial charge on any atom is 0.265 e. The van der Waals surface area contributed by atoms with Crippen molar-refractivity contribution in [3.63, 3.8) is 0 Å². The molecule has 7 heteroatoms. The van der Waals surface area contributed by atoms with E-state index in [-0.39, 0.29) is 19.1 Å². The molecule has 1 atom stereocenters. The summed E-state index contributed by atoms with van der Waals surface area (Å²) in [6, 6.07) is 16.7. The van der Waals surface area contributed by atoms with Crippen LogP contribution in [0.25, 0.3) is 11.4 Å². The lowest BCUT2D eigenvalue weighted by atomic mass is 10.2. The molecule has 25 heavy (non-hydrogen) atoms. The molecule has 1 aliphatic heterocycles. The fourth-order valence-corrected chi connectivity index (χ4v) is 2.46.